The Kier molecular flexibility index (Phi) is 8.53. The number of fused-ring (bicyclic) bond motifs is 9. The lowest BCUT2D eigenvalue weighted by Gasteiger charge is -2.28. The van der Waals surface area contributed by atoms with Gasteiger partial charge in [0.25, 0.3) is 0 Å². The van der Waals surface area contributed by atoms with Crippen LogP contribution in [-0.2, 0) is 0 Å². The molecule has 0 saturated heterocycles. The molecule has 0 amide bonds. The van der Waals surface area contributed by atoms with Gasteiger partial charge in [-0.05, 0) is 111 Å². The fourth-order valence-corrected chi connectivity index (χ4v) is 10.3. The molecule has 0 fully saturated rings. The van der Waals surface area contributed by atoms with Crippen LogP contribution in [-0.4, -0.2) is 4.57 Å². The number of aromatic nitrogens is 1. The number of nitrogens with zero attached hydrogens (tertiary/aromatic N) is 2. The Morgan fingerprint density at radius 1 is 0.338 bits per heavy atom. The van der Waals surface area contributed by atoms with Crippen LogP contribution in [0.1, 0.15) is 0 Å². The number of hydrogen-bond acceptors (Lipinski definition) is 2. The first kappa shape index (κ1) is 36.9. The monoisotopic (exact) mass is 828 g/mol. The van der Waals surface area contributed by atoms with Crippen LogP contribution in [0.5, 0.6) is 0 Å². The first-order valence-electron chi connectivity index (χ1n) is 22.3. The molecule has 0 aliphatic rings. The van der Waals surface area contributed by atoms with Gasteiger partial charge in [0, 0.05) is 38.7 Å². The summed E-state index contributed by atoms with van der Waals surface area (Å²) in [7, 11) is 0. The van der Waals surface area contributed by atoms with E-state index in [1.165, 1.54) is 54.5 Å². The highest BCUT2D eigenvalue weighted by molar-refractivity contribution is 6.18. The van der Waals surface area contributed by atoms with E-state index in [0.29, 0.717) is 0 Å². The third-order valence-corrected chi connectivity index (χ3v) is 13.2. The summed E-state index contributed by atoms with van der Waals surface area (Å²) in [5, 5.41) is 9.55. The quantitative estimate of drug-likeness (QED) is 0.149. The summed E-state index contributed by atoms with van der Waals surface area (Å²) in [6.07, 6.45) is 0. The molecule has 11 aromatic carbocycles. The van der Waals surface area contributed by atoms with E-state index in [1.54, 1.807) is 0 Å². The standard InChI is InChI=1S/C62H40N2O/c1-2-18-41(19-3-1)42-21-16-23-45(38-42)63(46-24-17-22-43(39-46)55-40-44-20-4-5-25-47(44)48-26-6-7-27-49(48)55)59-37-36-53(62-61(59)54-31-11-15-35-60(54)65-62)52-30-10-14-34-58(52)64-56-32-12-8-28-50(56)51-29-9-13-33-57(51)64/h1-40H. The van der Waals surface area contributed by atoms with Crippen molar-refractivity contribution < 1.29 is 4.42 Å². The van der Waals surface area contributed by atoms with E-state index in [9.17, 15) is 0 Å². The molecule has 0 aliphatic carbocycles. The summed E-state index contributed by atoms with van der Waals surface area (Å²) >= 11 is 0. The molecular formula is C62H40N2O. The fraction of sp³-hybridized carbons (Fsp3) is 0. The molecule has 65 heavy (non-hydrogen) atoms. The van der Waals surface area contributed by atoms with Crippen LogP contribution in [0.3, 0.4) is 0 Å². The Hall–Kier alpha value is -8.66. The van der Waals surface area contributed by atoms with Gasteiger partial charge in [0.15, 0.2) is 0 Å². The summed E-state index contributed by atoms with van der Waals surface area (Å²) in [5.74, 6) is 0. The van der Waals surface area contributed by atoms with Gasteiger partial charge in [-0.25, -0.2) is 0 Å². The van der Waals surface area contributed by atoms with E-state index in [0.717, 1.165) is 66.9 Å². The minimum atomic E-state index is 0.845. The van der Waals surface area contributed by atoms with Crippen LogP contribution in [0.25, 0.3) is 104 Å². The summed E-state index contributed by atoms with van der Waals surface area (Å²) < 4.78 is 9.50. The van der Waals surface area contributed by atoms with E-state index in [2.05, 4.69) is 252 Å². The van der Waals surface area contributed by atoms with Gasteiger partial charge in [-0.15, -0.1) is 0 Å². The Labute approximate surface area is 376 Å². The lowest BCUT2D eigenvalue weighted by atomic mass is 9.93. The zero-order chi connectivity index (χ0) is 42.8. The van der Waals surface area contributed by atoms with Gasteiger partial charge in [0.2, 0.25) is 0 Å². The molecule has 0 N–H and O–H groups in total. The molecular weight excluding hydrogens is 789 g/mol. The van der Waals surface area contributed by atoms with Crippen molar-refractivity contribution in [2.45, 2.75) is 0 Å². The number of benzene rings is 11. The third-order valence-electron chi connectivity index (χ3n) is 13.2. The molecule has 304 valence electrons. The van der Waals surface area contributed by atoms with E-state index >= 15 is 0 Å². The van der Waals surface area contributed by atoms with Crippen molar-refractivity contribution in [3.05, 3.63) is 243 Å². The highest BCUT2D eigenvalue weighted by Gasteiger charge is 2.25. The Bertz CT molecular complexity index is 3920. The second-order valence-electron chi connectivity index (χ2n) is 16.8. The van der Waals surface area contributed by atoms with Crippen LogP contribution in [0.4, 0.5) is 17.1 Å². The Morgan fingerprint density at radius 3 is 1.68 bits per heavy atom. The molecule has 3 heteroatoms. The van der Waals surface area contributed by atoms with E-state index in [4.69, 9.17) is 4.42 Å². The molecule has 0 saturated carbocycles. The zero-order valence-corrected chi connectivity index (χ0v) is 35.4. The van der Waals surface area contributed by atoms with Gasteiger partial charge in [0.05, 0.1) is 27.8 Å². The average Bonchev–Trinajstić information content (AvgIpc) is 3.94. The molecule has 0 spiro atoms. The van der Waals surface area contributed by atoms with E-state index in [-0.39, 0.29) is 0 Å². The highest BCUT2D eigenvalue weighted by Crippen LogP contribution is 2.49. The number of para-hydroxylation sites is 4. The highest BCUT2D eigenvalue weighted by atomic mass is 16.3. The van der Waals surface area contributed by atoms with Crippen LogP contribution in [0.15, 0.2) is 247 Å². The van der Waals surface area contributed by atoms with Crippen molar-refractivity contribution in [2.24, 2.45) is 0 Å². The van der Waals surface area contributed by atoms with Crippen molar-refractivity contribution in [3.8, 4) is 39.1 Å². The third kappa shape index (κ3) is 5.97. The lowest BCUT2D eigenvalue weighted by Crippen LogP contribution is -2.11. The van der Waals surface area contributed by atoms with Crippen molar-refractivity contribution in [1.82, 2.24) is 4.57 Å². The largest absolute Gasteiger partial charge is 0.455 e. The molecule has 13 rings (SSSR count). The minimum absolute atomic E-state index is 0.845. The number of rotatable bonds is 7. The molecule has 13 aromatic rings. The van der Waals surface area contributed by atoms with Crippen LogP contribution in [0.2, 0.25) is 0 Å². The topological polar surface area (TPSA) is 21.3 Å². The molecule has 2 heterocycles. The van der Waals surface area contributed by atoms with Gasteiger partial charge < -0.3 is 13.9 Å². The van der Waals surface area contributed by atoms with Crippen LogP contribution >= 0.6 is 0 Å². The molecule has 0 unspecified atom stereocenters. The van der Waals surface area contributed by atoms with E-state index < -0.39 is 0 Å². The van der Waals surface area contributed by atoms with Gasteiger partial charge in [-0.2, -0.15) is 0 Å². The fourth-order valence-electron chi connectivity index (χ4n) is 10.3. The van der Waals surface area contributed by atoms with Gasteiger partial charge in [-0.1, -0.05) is 176 Å². The van der Waals surface area contributed by atoms with E-state index in [1.807, 2.05) is 0 Å². The maximum absolute atomic E-state index is 7.09. The second kappa shape index (κ2) is 15.0. The summed E-state index contributed by atoms with van der Waals surface area (Å²) in [6.45, 7) is 0. The average molecular weight is 829 g/mol. The Balaban J connectivity index is 1.07. The molecule has 3 nitrogen and oxygen atoms in total. The maximum atomic E-state index is 7.09. The van der Waals surface area contributed by atoms with Gasteiger partial charge in [-0.3, -0.25) is 0 Å². The predicted molar refractivity (Wildman–Crippen MR) is 274 cm³/mol. The molecule has 0 bridgehead atoms. The smallest absolute Gasteiger partial charge is 0.145 e. The van der Waals surface area contributed by atoms with Crippen molar-refractivity contribution >= 4 is 82.4 Å². The number of furan rings is 1. The zero-order valence-electron chi connectivity index (χ0n) is 35.4. The van der Waals surface area contributed by atoms with Crippen molar-refractivity contribution in [3.63, 3.8) is 0 Å². The minimum Gasteiger partial charge on any atom is -0.455 e. The first-order chi connectivity index (χ1) is 32.3. The van der Waals surface area contributed by atoms with Gasteiger partial charge in [0.1, 0.15) is 11.2 Å². The summed E-state index contributed by atoms with van der Waals surface area (Å²) in [5.41, 5.74) is 15.1. The van der Waals surface area contributed by atoms with Gasteiger partial charge >= 0.3 is 0 Å². The van der Waals surface area contributed by atoms with Crippen molar-refractivity contribution in [2.75, 3.05) is 4.90 Å². The Morgan fingerprint density at radius 2 is 0.908 bits per heavy atom. The lowest BCUT2D eigenvalue weighted by molar-refractivity contribution is 0.670. The molecule has 0 atom stereocenters. The van der Waals surface area contributed by atoms with Crippen LogP contribution in [0, 0.1) is 0 Å². The molecule has 0 radical (unpaired) electrons. The number of anilines is 3. The SMILES string of the molecule is c1ccc(-c2cccc(N(c3cccc(-c4cc5ccccc5c5ccccc45)c3)c3ccc(-c4ccccc4-n4c5ccccc5c5ccccc54)c4oc5ccccc5c34)c2)cc1. The van der Waals surface area contributed by atoms with Crippen molar-refractivity contribution in [1.29, 1.82) is 0 Å². The number of hydrogen-bond donors (Lipinski definition) is 0. The van der Waals surface area contributed by atoms with Crippen LogP contribution < -0.4 is 4.90 Å². The predicted octanol–water partition coefficient (Wildman–Crippen LogP) is 17.5. The normalized spacial score (nSPS) is 11.7. The molecule has 2 aromatic heterocycles. The first-order valence-corrected chi connectivity index (χ1v) is 22.3. The maximum Gasteiger partial charge on any atom is 0.145 e. The summed E-state index contributed by atoms with van der Waals surface area (Å²) in [4.78, 5) is 2.42. The molecule has 0 aliphatic heterocycles. The second-order valence-corrected chi connectivity index (χ2v) is 16.8. The summed E-state index contributed by atoms with van der Waals surface area (Å²) in [6, 6.07) is 87.6.